The van der Waals surface area contributed by atoms with Gasteiger partial charge in [-0.25, -0.2) is 9.78 Å². The highest BCUT2D eigenvalue weighted by Gasteiger charge is 2.07. The highest BCUT2D eigenvalue weighted by atomic mass is 127. The third-order valence-electron chi connectivity index (χ3n) is 2.05. The number of hydrogen-bond donors (Lipinski definition) is 2. The van der Waals surface area contributed by atoms with E-state index in [1.807, 2.05) is 6.07 Å². The van der Waals surface area contributed by atoms with E-state index < -0.39 is 5.97 Å². The molecule has 2 aromatic rings. The maximum absolute atomic E-state index is 10.8. The average Bonchev–Trinajstić information content (AvgIpc) is 2.33. The van der Waals surface area contributed by atoms with E-state index in [0.717, 1.165) is 3.57 Å². The van der Waals surface area contributed by atoms with Crippen LogP contribution in [-0.2, 0) is 0 Å². The summed E-state index contributed by atoms with van der Waals surface area (Å²) in [5.74, 6) is -0.794. The van der Waals surface area contributed by atoms with Gasteiger partial charge in [-0.3, -0.25) is 4.98 Å². The van der Waals surface area contributed by atoms with Gasteiger partial charge >= 0.3 is 5.97 Å². The summed E-state index contributed by atoms with van der Waals surface area (Å²) in [6.45, 7) is 0. The van der Waals surface area contributed by atoms with Crippen molar-refractivity contribution in [3.63, 3.8) is 0 Å². The topological polar surface area (TPSA) is 75.1 Å². The fraction of sp³-hybridized carbons (Fsp3) is 0. The van der Waals surface area contributed by atoms with Gasteiger partial charge in [0.25, 0.3) is 0 Å². The van der Waals surface area contributed by atoms with Crippen molar-refractivity contribution in [2.75, 3.05) is 5.32 Å². The molecule has 0 radical (unpaired) electrons. The van der Waals surface area contributed by atoms with Crippen LogP contribution in [0.2, 0.25) is 5.02 Å². The van der Waals surface area contributed by atoms with Crippen molar-refractivity contribution in [2.45, 2.75) is 0 Å². The molecule has 5 nitrogen and oxygen atoms in total. The predicted molar refractivity (Wildman–Crippen MR) is 76.4 cm³/mol. The maximum Gasteiger partial charge on any atom is 0.356 e. The SMILES string of the molecule is O=C(O)c1cncc(Nc2ccc(I)cc2Cl)n1. The summed E-state index contributed by atoms with van der Waals surface area (Å²) < 4.78 is 1.01. The number of carboxylic acid groups (broad SMARTS) is 1. The zero-order valence-corrected chi connectivity index (χ0v) is 11.8. The first-order valence-corrected chi connectivity index (χ1v) is 6.29. The van der Waals surface area contributed by atoms with Crippen LogP contribution in [0.4, 0.5) is 11.5 Å². The van der Waals surface area contributed by atoms with E-state index in [0.29, 0.717) is 16.5 Å². The minimum Gasteiger partial charge on any atom is -0.476 e. The first-order valence-electron chi connectivity index (χ1n) is 4.83. The van der Waals surface area contributed by atoms with E-state index in [4.69, 9.17) is 16.7 Å². The minimum atomic E-state index is -1.13. The molecule has 0 spiro atoms. The van der Waals surface area contributed by atoms with Gasteiger partial charge in [0.1, 0.15) is 5.82 Å². The van der Waals surface area contributed by atoms with Crippen LogP contribution in [0.5, 0.6) is 0 Å². The molecule has 0 fully saturated rings. The van der Waals surface area contributed by atoms with Crippen LogP contribution in [-0.4, -0.2) is 21.0 Å². The number of nitrogens with zero attached hydrogens (tertiary/aromatic N) is 2. The summed E-state index contributed by atoms with van der Waals surface area (Å²) in [6, 6.07) is 5.46. The normalized spacial score (nSPS) is 10.1. The molecular weight excluding hydrogens is 368 g/mol. The molecule has 1 aromatic heterocycles. The number of carbonyl (C=O) groups is 1. The minimum absolute atomic E-state index is 0.123. The Morgan fingerprint density at radius 1 is 1.39 bits per heavy atom. The Hall–Kier alpha value is -1.41. The zero-order valence-electron chi connectivity index (χ0n) is 8.89. The molecule has 0 aliphatic rings. The van der Waals surface area contributed by atoms with Crippen molar-refractivity contribution in [1.29, 1.82) is 0 Å². The van der Waals surface area contributed by atoms with E-state index in [1.165, 1.54) is 12.4 Å². The van der Waals surface area contributed by atoms with Crippen molar-refractivity contribution in [2.24, 2.45) is 0 Å². The third kappa shape index (κ3) is 3.08. The van der Waals surface area contributed by atoms with Crippen LogP contribution in [0.3, 0.4) is 0 Å². The average molecular weight is 376 g/mol. The van der Waals surface area contributed by atoms with Crippen molar-refractivity contribution in [1.82, 2.24) is 9.97 Å². The Balaban J connectivity index is 2.28. The van der Waals surface area contributed by atoms with Crippen LogP contribution in [0.25, 0.3) is 0 Å². The molecule has 7 heteroatoms. The van der Waals surface area contributed by atoms with Crippen molar-refractivity contribution in [3.05, 3.63) is 44.9 Å². The van der Waals surface area contributed by atoms with Crippen LogP contribution >= 0.6 is 34.2 Å². The molecule has 0 atom stereocenters. The van der Waals surface area contributed by atoms with Gasteiger partial charge in [-0.2, -0.15) is 0 Å². The molecule has 0 aliphatic heterocycles. The highest BCUT2D eigenvalue weighted by molar-refractivity contribution is 14.1. The van der Waals surface area contributed by atoms with Gasteiger partial charge in [0.05, 0.1) is 23.1 Å². The molecule has 18 heavy (non-hydrogen) atoms. The van der Waals surface area contributed by atoms with E-state index >= 15 is 0 Å². The van der Waals surface area contributed by atoms with Crippen LogP contribution in [0, 0.1) is 3.57 Å². The zero-order chi connectivity index (χ0) is 13.1. The lowest BCUT2D eigenvalue weighted by molar-refractivity contribution is 0.0690. The molecule has 0 bridgehead atoms. The van der Waals surface area contributed by atoms with Crippen LogP contribution < -0.4 is 5.32 Å². The van der Waals surface area contributed by atoms with E-state index in [1.54, 1.807) is 12.1 Å². The Morgan fingerprint density at radius 3 is 2.83 bits per heavy atom. The summed E-state index contributed by atoms with van der Waals surface area (Å²) in [6.07, 6.45) is 2.61. The Morgan fingerprint density at radius 2 is 2.17 bits per heavy atom. The molecule has 0 unspecified atom stereocenters. The molecule has 1 heterocycles. The molecule has 0 saturated heterocycles. The van der Waals surface area contributed by atoms with Crippen molar-refractivity contribution < 1.29 is 9.90 Å². The Bertz CT molecular complexity index is 607. The molecule has 0 amide bonds. The number of aromatic carboxylic acids is 1. The van der Waals surface area contributed by atoms with Gasteiger partial charge in [-0.1, -0.05) is 11.6 Å². The number of halogens is 2. The predicted octanol–water partition coefficient (Wildman–Crippen LogP) is 3.18. The van der Waals surface area contributed by atoms with E-state index in [9.17, 15) is 4.79 Å². The first kappa shape index (κ1) is 13.0. The Labute approximate surface area is 121 Å². The van der Waals surface area contributed by atoms with Gasteiger partial charge in [-0.15, -0.1) is 0 Å². The van der Waals surface area contributed by atoms with Gasteiger partial charge in [0.15, 0.2) is 5.69 Å². The summed E-state index contributed by atoms with van der Waals surface area (Å²) in [7, 11) is 0. The molecule has 92 valence electrons. The van der Waals surface area contributed by atoms with Crippen molar-refractivity contribution in [3.8, 4) is 0 Å². The van der Waals surface area contributed by atoms with Gasteiger partial charge in [0.2, 0.25) is 0 Å². The second-order valence-electron chi connectivity index (χ2n) is 3.34. The smallest absolute Gasteiger partial charge is 0.356 e. The number of nitrogens with one attached hydrogen (secondary N) is 1. The lowest BCUT2D eigenvalue weighted by Crippen LogP contribution is -2.04. The third-order valence-corrected chi connectivity index (χ3v) is 3.03. The maximum atomic E-state index is 10.8. The highest BCUT2D eigenvalue weighted by Crippen LogP contribution is 2.26. The standard InChI is InChI=1S/C11H7ClIN3O2/c12-7-3-6(13)1-2-8(7)15-10-5-14-4-9(16-10)11(17)18/h1-5H,(H,15,16)(H,17,18). The summed E-state index contributed by atoms with van der Waals surface area (Å²) in [5, 5.41) is 12.3. The summed E-state index contributed by atoms with van der Waals surface area (Å²) in [5.41, 5.74) is 0.524. The first-order chi connectivity index (χ1) is 8.56. The van der Waals surface area contributed by atoms with Gasteiger partial charge in [-0.05, 0) is 40.8 Å². The molecular formula is C11H7ClIN3O2. The van der Waals surface area contributed by atoms with Crippen LogP contribution in [0.15, 0.2) is 30.6 Å². The lowest BCUT2D eigenvalue weighted by atomic mass is 10.3. The van der Waals surface area contributed by atoms with Gasteiger partial charge < -0.3 is 10.4 Å². The quantitative estimate of drug-likeness (QED) is 0.806. The second kappa shape index (κ2) is 5.49. The molecule has 0 aliphatic carbocycles. The number of rotatable bonds is 3. The lowest BCUT2D eigenvalue weighted by Gasteiger charge is -2.07. The van der Waals surface area contributed by atoms with Crippen molar-refractivity contribution >= 4 is 51.7 Å². The van der Waals surface area contributed by atoms with E-state index in [2.05, 4.69) is 37.9 Å². The fourth-order valence-corrected chi connectivity index (χ4v) is 2.16. The van der Waals surface area contributed by atoms with Gasteiger partial charge in [0, 0.05) is 3.57 Å². The number of aromatic nitrogens is 2. The number of benzene rings is 1. The Kier molecular flexibility index (Phi) is 3.97. The van der Waals surface area contributed by atoms with E-state index in [-0.39, 0.29) is 5.69 Å². The number of carboxylic acids is 1. The molecule has 2 N–H and O–H groups in total. The fourth-order valence-electron chi connectivity index (χ4n) is 1.26. The number of hydrogen-bond acceptors (Lipinski definition) is 4. The second-order valence-corrected chi connectivity index (χ2v) is 5.00. The van der Waals surface area contributed by atoms with Crippen LogP contribution in [0.1, 0.15) is 10.5 Å². The number of anilines is 2. The summed E-state index contributed by atoms with van der Waals surface area (Å²) >= 11 is 8.20. The largest absolute Gasteiger partial charge is 0.476 e. The molecule has 2 rings (SSSR count). The molecule has 1 aromatic carbocycles. The monoisotopic (exact) mass is 375 g/mol. The molecule has 0 saturated carbocycles. The summed E-state index contributed by atoms with van der Waals surface area (Å²) in [4.78, 5) is 18.5.